The summed E-state index contributed by atoms with van der Waals surface area (Å²) in [6.45, 7) is 1.48. The van der Waals surface area contributed by atoms with Gasteiger partial charge in [0.25, 0.3) is 0 Å². The van der Waals surface area contributed by atoms with Crippen molar-refractivity contribution < 1.29 is 19.1 Å². The van der Waals surface area contributed by atoms with Crippen LogP contribution in [0.5, 0.6) is 5.75 Å². The van der Waals surface area contributed by atoms with Gasteiger partial charge in [0, 0.05) is 22.5 Å². The monoisotopic (exact) mass is 498 g/mol. The van der Waals surface area contributed by atoms with E-state index in [-0.39, 0.29) is 22.5 Å². The van der Waals surface area contributed by atoms with Crippen molar-refractivity contribution in [3.8, 4) is 5.75 Å². The van der Waals surface area contributed by atoms with Crippen LogP contribution in [0, 0.1) is 5.92 Å². The SMILES string of the molecule is COc1ccc2c(c1)C=CC1N2C(C(C)=O)C(C(=O)c2ccccc2Cl)C12C(=O)Nc1ccccc12. The standard InChI is InChI=1S/C29H23ClN2O4/c1-16(33)26-25(27(34)19-7-3-5-9-21(19)30)29(20-8-4-6-10-22(20)31-28(29)35)24-14-11-17-15-18(36-2)12-13-23(17)32(24)26/h3-15,24-26H,1-2H3,(H,31,35). The van der Waals surface area contributed by atoms with Crippen LogP contribution < -0.4 is 15.0 Å². The lowest BCUT2D eigenvalue weighted by Gasteiger charge is -2.37. The van der Waals surface area contributed by atoms with E-state index in [9.17, 15) is 14.4 Å². The maximum Gasteiger partial charge on any atom is 0.238 e. The molecule has 0 bridgehead atoms. The van der Waals surface area contributed by atoms with Crippen LogP contribution >= 0.6 is 11.6 Å². The summed E-state index contributed by atoms with van der Waals surface area (Å²) >= 11 is 6.48. The zero-order valence-electron chi connectivity index (χ0n) is 19.7. The van der Waals surface area contributed by atoms with Crippen LogP contribution in [0.25, 0.3) is 6.08 Å². The number of anilines is 2. The molecule has 3 heterocycles. The third kappa shape index (κ3) is 2.88. The maximum atomic E-state index is 14.4. The molecule has 6 nitrogen and oxygen atoms in total. The molecule has 1 N–H and O–H groups in total. The number of nitrogens with zero attached hydrogens (tertiary/aromatic N) is 1. The summed E-state index contributed by atoms with van der Waals surface area (Å²) in [5.74, 6) is -1.14. The number of fused-ring (bicyclic) bond motifs is 6. The molecular weight excluding hydrogens is 476 g/mol. The number of carbonyl (C=O) groups excluding carboxylic acids is 3. The number of Topliss-reactive ketones (excluding diaryl/α,β-unsaturated/α-hetero) is 2. The number of methoxy groups -OCH3 is 1. The lowest BCUT2D eigenvalue weighted by Crippen LogP contribution is -2.51. The number of amides is 1. The van der Waals surface area contributed by atoms with Gasteiger partial charge < -0.3 is 15.0 Å². The number of ketones is 2. The first-order valence-corrected chi connectivity index (χ1v) is 12.1. The minimum atomic E-state index is -1.32. The van der Waals surface area contributed by atoms with Crippen LogP contribution in [-0.4, -0.2) is 36.7 Å². The lowest BCUT2D eigenvalue weighted by atomic mass is 9.64. The van der Waals surface area contributed by atoms with E-state index in [0.29, 0.717) is 22.6 Å². The van der Waals surface area contributed by atoms with Gasteiger partial charge in [0.1, 0.15) is 11.2 Å². The number of hydrogen-bond acceptors (Lipinski definition) is 5. The number of rotatable bonds is 4. The second-order valence-electron chi connectivity index (χ2n) is 9.38. The van der Waals surface area contributed by atoms with Gasteiger partial charge in [-0.15, -0.1) is 0 Å². The van der Waals surface area contributed by atoms with Crippen molar-refractivity contribution in [3.63, 3.8) is 0 Å². The molecule has 0 aromatic heterocycles. The molecular formula is C29H23ClN2O4. The maximum absolute atomic E-state index is 14.4. The Kier molecular flexibility index (Phi) is 5.05. The van der Waals surface area contributed by atoms with E-state index in [1.807, 2.05) is 59.5 Å². The zero-order chi connectivity index (χ0) is 25.2. The highest BCUT2D eigenvalue weighted by atomic mass is 35.5. The van der Waals surface area contributed by atoms with E-state index in [0.717, 1.165) is 11.3 Å². The van der Waals surface area contributed by atoms with Crippen LogP contribution in [0.2, 0.25) is 5.02 Å². The number of ether oxygens (including phenoxy) is 1. The zero-order valence-corrected chi connectivity index (χ0v) is 20.5. The third-order valence-electron chi connectivity index (χ3n) is 7.68. The number of hydrogen-bond donors (Lipinski definition) is 1. The Labute approximate surface area is 213 Å². The largest absolute Gasteiger partial charge is 0.497 e. The highest BCUT2D eigenvalue weighted by molar-refractivity contribution is 6.34. The van der Waals surface area contributed by atoms with E-state index in [2.05, 4.69) is 5.32 Å². The van der Waals surface area contributed by atoms with Gasteiger partial charge in [-0.1, -0.05) is 54.1 Å². The summed E-state index contributed by atoms with van der Waals surface area (Å²) in [4.78, 5) is 43.8. The van der Waals surface area contributed by atoms with Gasteiger partial charge in [0.2, 0.25) is 5.91 Å². The van der Waals surface area contributed by atoms with E-state index in [1.54, 1.807) is 31.4 Å². The molecule has 36 heavy (non-hydrogen) atoms. The summed E-state index contributed by atoms with van der Waals surface area (Å²) in [7, 11) is 1.60. The Bertz CT molecular complexity index is 1480. The van der Waals surface area contributed by atoms with Crippen LogP contribution in [-0.2, 0) is 15.0 Å². The second kappa shape index (κ2) is 8.07. The first-order chi connectivity index (χ1) is 17.4. The van der Waals surface area contributed by atoms with Crippen LogP contribution in [0.4, 0.5) is 11.4 Å². The summed E-state index contributed by atoms with van der Waals surface area (Å²) in [6.07, 6.45) is 3.87. The molecule has 1 amide bonds. The molecule has 7 heteroatoms. The summed E-state index contributed by atoms with van der Waals surface area (Å²) in [5, 5.41) is 3.29. The van der Waals surface area contributed by atoms with Crippen LogP contribution in [0.15, 0.2) is 72.8 Å². The van der Waals surface area contributed by atoms with Crippen LogP contribution in [0.3, 0.4) is 0 Å². The van der Waals surface area contributed by atoms with Gasteiger partial charge in [0.05, 0.1) is 30.1 Å². The summed E-state index contributed by atoms with van der Waals surface area (Å²) in [6, 6.07) is 18.3. The second-order valence-corrected chi connectivity index (χ2v) is 9.79. The average molecular weight is 499 g/mol. The molecule has 0 saturated carbocycles. The molecule has 3 aromatic rings. The Morgan fingerprint density at radius 1 is 1.06 bits per heavy atom. The third-order valence-corrected chi connectivity index (χ3v) is 8.01. The number of benzene rings is 3. The molecule has 0 radical (unpaired) electrons. The Balaban J connectivity index is 1.66. The van der Waals surface area contributed by atoms with Crippen LogP contribution in [0.1, 0.15) is 28.4 Å². The number of halogens is 1. The minimum absolute atomic E-state index is 0.198. The van der Waals surface area contributed by atoms with Gasteiger partial charge in [0.15, 0.2) is 11.6 Å². The summed E-state index contributed by atoms with van der Waals surface area (Å²) < 4.78 is 5.40. The van der Waals surface area contributed by atoms with Gasteiger partial charge in [-0.2, -0.15) is 0 Å². The molecule has 1 saturated heterocycles. The van der Waals surface area contributed by atoms with Crippen molar-refractivity contribution in [2.24, 2.45) is 5.92 Å². The number of carbonyl (C=O) groups is 3. The molecule has 0 aliphatic carbocycles. The molecule has 6 rings (SSSR count). The fourth-order valence-corrected chi connectivity index (χ4v) is 6.49. The molecule has 3 aromatic carbocycles. The van der Waals surface area contributed by atoms with Crippen molar-refractivity contribution in [2.75, 3.05) is 17.3 Å². The fraction of sp³-hybridized carbons (Fsp3) is 0.207. The Morgan fingerprint density at radius 2 is 1.81 bits per heavy atom. The topological polar surface area (TPSA) is 75.7 Å². The first kappa shape index (κ1) is 22.6. The van der Waals surface area contributed by atoms with Gasteiger partial charge in [-0.25, -0.2) is 0 Å². The molecule has 180 valence electrons. The van der Waals surface area contributed by atoms with Crippen molar-refractivity contribution in [2.45, 2.75) is 24.4 Å². The molecule has 3 aliphatic rings. The highest BCUT2D eigenvalue weighted by Crippen LogP contribution is 2.58. The first-order valence-electron chi connectivity index (χ1n) is 11.7. The fourth-order valence-electron chi connectivity index (χ4n) is 6.27. The van der Waals surface area contributed by atoms with E-state index >= 15 is 0 Å². The van der Waals surface area contributed by atoms with Gasteiger partial charge in [-0.05, 0) is 48.9 Å². The smallest absolute Gasteiger partial charge is 0.238 e. The van der Waals surface area contributed by atoms with Crippen molar-refractivity contribution in [1.29, 1.82) is 0 Å². The Morgan fingerprint density at radius 3 is 2.56 bits per heavy atom. The predicted molar refractivity (Wildman–Crippen MR) is 139 cm³/mol. The summed E-state index contributed by atoms with van der Waals surface area (Å²) in [5.41, 5.74) is 1.96. The Hall–Kier alpha value is -3.90. The quantitative estimate of drug-likeness (QED) is 0.517. The average Bonchev–Trinajstić information content (AvgIpc) is 3.36. The van der Waals surface area contributed by atoms with E-state index < -0.39 is 23.4 Å². The number of para-hydroxylation sites is 1. The lowest BCUT2D eigenvalue weighted by molar-refractivity contribution is -0.122. The molecule has 4 unspecified atom stereocenters. The van der Waals surface area contributed by atoms with Crippen molar-refractivity contribution >= 4 is 46.5 Å². The minimum Gasteiger partial charge on any atom is -0.497 e. The number of nitrogens with one attached hydrogen (secondary N) is 1. The normalized spacial score (nSPS) is 25.2. The van der Waals surface area contributed by atoms with E-state index in [1.165, 1.54) is 6.92 Å². The van der Waals surface area contributed by atoms with Gasteiger partial charge >= 0.3 is 0 Å². The molecule has 1 spiro atoms. The van der Waals surface area contributed by atoms with Crippen molar-refractivity contribution in [3.05, 3.63) is 94.5 Å². The van der Waals surface area contributed by atoms with Crippen molar-refractivity contribution in [1.82, 2.24) is 0 Å². The van der Waals surface area contributed by atoms with Gasteiger partial charge in [-0.3, -0.25) is 14.4 Å². The highest BCUT2D eigenvalue weighted by Gasteiger charge is 2.69. The molecule has 1 fully saturated rings. The molecule has 3 aliphatic heterocycles. The van der Waals surface area contributed by atoms with E-state index in [4.69, 9.17) is 16.3 Å². The molecule has 4 atom stereocenters. The predicted octanol–water partition coefficient (Wildman–Crippen LogP) is 4.91.